The second kappa shape index (κ2) is 4.58. The Kier molecular flexibility index (Phi) is 3.69. The van der Waals surface area contributed by atoms with Crippen LogP contribution in [0, 0.1) is 5.92 Å². The molecule has 1 unspecified atom stereocenters. The second-order valence-corrected chi connectivity index (χ2v) is 3.65. The number of carbonyl (C=O) groups excluding carboxylic acids is 1. The van der Waals surface area contributed by atoms with Crippen LogP contribution in [0.1, 0.15) is 19.8 Å². The number of esters is 1. The van der Waals surface area contributed by atoms with Crippen LogP contribution in [0.3, 0.4) is 0 Å². The van der Waals surface area contributed by atoms with Crippen LogP contribution >= 0.6 is 0 Å². The smallest absolute Gasteiger partial charge is 0.309 e. The molecule has 0 spiro atoms. The predicted octanol–water partition coefficient (Wildman–Crippen LogP) is -0.0916. The van der Waals surface area contributed by atoms with Crippen LogP contribution in [0.5, 0.6) is 0 Å². The Hall–Kier alpha value is -0.610. The number of carbonyl (C=O) groups is 1. The minimum Gasteiger partial charge on any atom is -0.469 e. The Morgan fingerprint density at radius 2 is 2.31 bits per heavy atom. The fraction of sp³-hybridized carbons (Fsp3) is 0.889. The van der Waals surface area contributed by atoms with Gasteiger partial charge in [-0.2, -0.15) is 0 Å². The minimum atomic E-state index is -0.188. The van der Waals surface area contributed by atoms with Gasteiger partial charge in [-0.25, -0.2) is 0 Å². The van der Waals surface area contributed by atoms with Gasteiger partial charge in [0.05, 0.1) is 19.1 Å². The minimum absolute atomic E-state index is 0.109. The number of methoxy groups -OCH3 is 1. The Labute approximate surface area is 78.3 Å². The van der Waals surface area contributed by atoms with Crippen LogP contribution < -0.4 is 5.32 Å². The molecule has 0 radical (unpaired) electrons. The van der Waals surface area contributed by atoms with E-state index in [4.69, 9.17) is 5.11 Å². The van der Waals surface area contributed by atoms with Gasteiger partial charge in [-0.1, -0.05) is 6.92 Å². The summed E-state index contributed by atoms with van der Waals surface area (Å²) in [5.74, 6) is -0.296. The van der Waals surface area contributed by atoms with Gasteiger partial charge in [-0.05, 0) is 12.8 Å². The molecule has 0 heterocycles. The summed E-state index contributed by atoms with van der Waals surface area (Å²) in [6.45, 7) is 2.46. The molecule has 0 saturated heterocycles. The molecule has 0 aromatic carbocycles. The van der Waals surface area contributed by atoms with Crippen molar-refractivity contribution in [3.8, 4) is 0 Å². The van der Waals surface area contributed by atoms with Gasteiger partial charge < -0.3 is 15.2 Å². The number of hydrogen-bond donors (Lipinski definition) is 2. The van der Waals surface area contributed by atoms with Crippen molar-refractivity contribution in [2.45, 2.75) is 31.9 Å². The van der Waals surface area contributed by atoms with Gasteiger partial charge in [0.15, 0.2) is 0 Å². The first-order chi connectivity index (χ1) is 6.13. The van der Waals surface area contributed by atoms with E-state index in [1.54, 1.807) is 0 Å². The molecule has 1 saturated carbocycles. The molecule has 4 heteroatoms. The van der Waals surface area contributed by atoms with Gasteiger partial charge >= 0.3 is 5.97 Å². The van der Waals surface area contributed by atoms with Gasteiger partial charge in [0.25, 0.3) is 0 Å². The van der Waals surface area contributed by atoms with E-state index in [0.29, 0.717) is 12.6 Å². The summed E-state index contributed by atoms with van der Waals surface area (Å²) in [6.07, 6.45) is 1.45. The van der Waals surface area contributed by atoms with Crippen molar-refractivity contribution >= 4 is 5.97 Å². The molecule has 1 atom stereocenters. The topological polar surface area (TPSA) is 58.6 Å². The highest BCUT2D eigenvalue weighted by Crippen LogP contribution is 2.19. The van der Waals surface area contributed by atoms with E-state index in [9.17, 15) is 4.79 Å². The van der Waals surface area contributed by atoms with Gasteiger partial charge in [0.1, 0.15) is 0 Å². The predicted molar refractivity (Wildman–Crippen MR) is 48.2 cm³/mol. The molecular formula is C9H17NO3. The third kappa shape index (κ3) is 2.97. The number of ether oxygens (including phenoxy) is 1. The Balaban J connectivity index is 2.08. The van der Waals surface area contributed by atoms with E-state index in [1.807, 2.05) is 6.92 Å². The first-order valence-electron chi connectivity index (χ1n) is 4.62. The summed E-state index contributed by atoms with van der Waals surface area (Å²) in [6, 6.07) is 0.377. The number of nitrogens with one attached hydrogen (secondary N) is 1. The molecule has 76 valence electrons. The number of rotatable bonds is 4. The van der Waals surface area contributed by atoms with Crippen LogP contribution in [0.4, 0.5) is 0 Å². The summed E-state index contributed by atoms with van der Waals surface area (Å²) in [5, 5.41) is 12.2. The lowest BCUT2D eigenvalue weighted by Gasteiger charge is -2.32. The average Bonchev–Trinajstić information content (AvgIpc) is 2.08. The molecule has 13 heavy (non-hydrogen) atoms. The van der Waals surface area contributed by atoms with Crippen molar-refractivity contribution in [1.29, 1.82) is 0 Å². The van der Waals surface area contributed by atoms with Crippen molar-refractivity contribution < 1.29 is 14.6 Å². The lowest BCUT2D eigenvalue weighted by molar-refractivity contribution is -0.144. The van der Waals surface area contributed by atoms with Crippen molar-refractivity contribution in [3.63, 3.8) is 0 Å². The molecule has 2 N–H and O–H groups in total. The van der Waals surface area contributed by atoms with E-state index in [2.05, 4.69) is 10.1 Å². The third-order valence-corrected chi connectivity index (χ3v) is 2.43. The zero-order valence-electron chi connectivity index (χ0n) is 8.12. The molecule has 0 aromatic rings. The number of aliphatic hydroxyl groups excluding tert-OH is 1. The fourth-order valence-corrected chi connectivity index (χ4v) is 1.38. The molecule has 1 rings (SSSR count). The van der Waals surface area contributed by atoms with Crippen molar-refractivity contribution in [2.75, 3.05) is 13.7 Å². The lowest BCUT2D eigenvalue weighted by atomic mass is 9.89. The third-order valence-electron chi connectivity index (χ3n) is 2.43. The van der Waals surface area contributed by atoms with Crippen LogP contribution in [-0.4, -0.2) is 36.9 Å². The molecule has 0 aromatic heterocycles. The molecule has 0 amide bonds. The zero-order chi connectivity index (χ0) is 9.84. The summed E-state index contributed by atoms with van der Waals surface area (Å²) in [4.78, 5) is 11.0. The van der Waals surface area contributed by atoms with E-state index < -0.39 is 0 Å². The monoisotopic (exact) mass is 187 g/mol. The van der Waals surface area contributed by atoms with Gasteiger partial charge in [0.2, 0.25) is 0 Å². The zero-order valence-corrected chi connectivity index (χ0v) is 8.12. The quantitative estimate of drug-likeness (QED) is 0.604. The van der Waals surface area contributed by atoms with Crippen LogP contribution in [0.2, 0.25) is 0 Å². The average molecular weight is 187 g/mol. The molecule has 4 nitrogen and oxygen atoms in total. The number of aliphatic hydroxyl groups is 1. The summed E-state index contributed by atoms with van der Waals surface area (Å²) < 4.78 is 4.59. The van der Waals surface area contributed by atoms with E-state index >= 15 is 0 Å². The first kappa shape index (κ1) is 10.5. The molecule has 1 aliphatic rings. The maximum Gasteiger partial charge on any atom is 0.309 e. The van der Waals surface area contributed by atoms with Gasteiger partial charge in [-0.3, -0.25) is 4.79 Å². The van der Waals surface area contributed by atoms with Crippen molar-refractivity contribution in [3.05, 3.63) is 0 Å². The van der Waals surface area contributed by atoms with Crippen molar-refractivity contribution in [1.82, 2.24) is 5.32 Å². The highest BCUT2D eigenvalue weighted by atomic mass is 16.5. The standard InChI is InChI=1S/C9H17NO3/c1-6(9(12)13-2)5-10-7-3-8(11)4-7/h6-8,10-11H,3-5H2,1-2H3. The Morgan fingerprint density at radius 1 is 1.69 bits per heavy atom. The van der Waals surface area contributed by atoms with Gasteiger partial charge in [-0.15, -0.1) is 0 Å². The SMILES string of the molecule is COC(=O)C(C)CNC1CC(O)C1. The summed E-state index contributed by atoms with van der Waals surface area (Å²) in [7, 11) is 1.39. The molecule has 1 aliphatic carbocycles. The molecular weight excluding hydrogens is 170 g/mol. The van der Waals surface area contributed by atoms with Crippen LogP contribution in [-0.2, 0) is 9.53 Å². The highest BCUT2D eigenvalue weighted by molar-refractivity contribution is 5.72. The maximum absolute atomic E-state index is 11.0. The highest BCUT2D eigenvalue weighted by Gasteiger charge is 2.27. The van der Waals surface area contributed by atoms with E-state index in [-0.39, 0.29) is 18.0 Å². The van der Waals surface area contributed by atoms with E-state index in [1.165, 1.54) is 7.11 Å². The molecule has 0 aliphatic heterocycles. The Bertz CT molecular complexity index is 178. The largest absolute Gasteiger partial charge is 0.469 e. The van der Waals surface area contributed by atoms with Crippen LogP contribution in [0.25, 0.3) is 0 Å². The second-order valence-electron chi connectivity index (χ2n) is 3.65. The summed E-state index contributed by atoms with van der Waals surface area (Å²) >= 11 is 0. The van der Waals surface area contributed by atoms with Crippen molar-refractivity contribution in [2.24, 2.45) is 5.92 Å². The number of hydrogen-bond acceptors (Lipinski definition) is 4. The Morgan fingerprint density at radius 3 is 2.77 bits per heavy atom. The van der Waals surface area contributed by atoms with Gasteiger partial charge in [0, 0.05) is 12.6 Å². The van der Waals surface area contributed by atoms with E-state index in [0.717, 1.165) is 12.8 Å². The first-order valence-corrected chi connectivity index (χ1v) is 4.62. The lowest BCUT2D eigenvalue weighted by Crippen LogP contribution is -2.46. The van der Waals surface area contributed by atoms with Crippen LogP contribution in [0.15, 0.2) is 0 Å². The summed E-state index contributed by atoms with van der Waals surface area (Å²) in [5.41, 5.74) is 0. The molecule has 0 bridgehead atoms. The maximum atomic E-state index is 11.0. The normalized spacial score (nSPS) is 29.2. The molecule has 1 fully saturated rings. The fourth-order valence-electron chi connectivity index (χ4n) is 1.38.